The number of aromatic nitrogens is 4. The number of carbonyl (C=O) groups is 1. The van der Waals surface area contributed by atoms with E-state index in [2.05, 4.69) is 57.1 Å². The molecule has 0 bridgehead atoms. The third-order valence-corrected chi connectivity index (χ3v) is 8.23. The molecule has 4 aromatic carbocycles. The molecule has 9 heteroatoms. The summed E-state index contributed by atoms with van der Waals surface area (Å²) >= 11 is 0. The summed E-state index contributed by atoms with van der Waals surface area (Å²) in [6.07, 6.45) is 0.880. The third-order valence-electron chi connectivity index (χ3n) is 8.23. The summed E-state index contributed by atoms with van der Waals surface area (Å²) in [4.78, 5) is 33.6. The number of ether oxygens (including phenoxy) is 2. The van der Waals surface area contributed by atoms with Crippen molar-refractivity contribution >= 4 is 33.7 Å². The third kappa shape index (κ3) is 6.68. The maximum absolute atomic E-state index is 12.1. The van der Waals surface area contributed by atoms with Gasteiger partial charge in [-0.2, -0.15) is 0 Å². The first-order valence-corrected chi connectivity index (χ1v) is 15.4. The molecule has 228 valence electrons. The minimum atomic E-state index is -0.226. The Balaban J connectivity index is 0.986. The Morgan fingerprint density at radius 3 is 2.27 bits per heavy atom. The van der Waals surface area contributed by atoms with E-state index in [1.165, 1.54) is 5.69 Å². The van der Waals surface area contributed by atoms with Gasteiger partial charge in [0.1, 0.15) is 24.0 Å². The lowest BCUT2D eigenvalue weighted by Gasteiger charge is -2.34. The van der Waals surface area contributed by atoms with E-state index < -0.39 is 0 Å². The summed E-state index contributed by atoms with van der Waals surface area (Å²) in [5, 5.41) is 0. The number of hydrogen-bond donors (Lipinski definition) is 2. The number of piperazine rings is 1. The normalized spacial score (nSPS) is 13.8. The van der Waals surface area contributed by atoms with Crippen molar-refractivity contribution < 1.29 is 14.3 Å². The molecule has 1 aliphatic rings. The Labute approximate surface area is 261 Å². The summed E-state index contributed by atoms with van der Waals surface area (Å²) < 4.78 is 11.3. The zero-order valence-corrected chi connectivity index (χ0v) is 25.3. The fraction of sp³-hybridized carbons (Fsp3) is 0.250. The zero-order chi connectivity index (χ0) is 30.6. The van der Waals surface area contributed by atoms with Crippen molar-refractivity contribution in [2.75, 3.05) is 44.7 Å². The number of aromatic amines is 2. The maximum Gasteiger partial charge on any atom is 0.306 e. The molecule has 9 nitrogen and oxygen atoms in total. The number of anilines is 1. The van der Waals surface area contributed by atoms with Crippen LogP contribution in [0.5, 0.6) is 5.75 Å². The summed E-state index contributed by atoms with van der Waals surface area (Å²) in [6.45, 7) is 4.92. The Kier molecular flexibility index (Phi) is 8.16. The minimum absolute atomic E-state index is 0.226. The molecule has 0 unspecified atom stereocenters. The Morgan fingerprint density at radius 2 is 1.49 bits per heavy atom. The van der Waals surface area contributed by atoms with Gasteiger partial charge < -0.3 is 29.2 Å². The van der Waals surface area contributed by atoms with Crippen LogP contribution in [0, 0.1) is 0 Å². The van der Waals surface area contributed by atoms with Gasteiger partial charge in [-0.05, 0) is 67.6 Å². The molecule has 2 N–H and O–H groups in total. The van der Waals surface area contributed by atoms with E-state index in [9.17, 15) is 4.79 Å². The number of benzene rings is 4. The second kappa shape index (κ2) is 12.8. The number of carbonyl (C=O) groups excluding carboxylic acids is 1. The highest BCUT2D eigenvalue weighted by atomic mass is 16.5. The van der Waals surface area contributed by atoms with Crippen LogP contribution in [0.25, 0.3) is 44.8 Å². The van der Waals surface area contributed by atoms with E-state index in [0.717, 1.165) is 82.3 Å². The van der Waals surface area contributed by atoms with Gasteiger partial charge in [0, 0.05) is 49.4 Å². The number of imidazole rings is 2. The van der Waals surface area contributed by atoms with Gasteiger partial charge in [0.2, 0.25) is 0 Å². The quantitative estimate of drug-likeness (QED) is 0.138. The topological polar surface area (TPSA) is 99.4 Å². The summed E-state index contributed by atoms with van der Waals surface area (Å²) in [6, 6.07) is 30.1. The molecule has 6 aromatic rings. The molecule has 7 rings (SSSR count). The number of H-pyrrole nitrogens is 2. The first kappa shape index (κ1) is 28.6. The molecule has 0 saturated carbocycles. The van der Waals surface area contributed by atoms with Crippen LogP contribution in [0.2, 0.25) is 0 Å². The van der Waals surface area contributed by atoms with Crippen LogP contribution >= 0.6 is 0 Å². The number of fused-ring (bicyclic) bond motifs is 2. The van der Waals surface area contributed by atoms with Gasteiger partial charge in [0.15, 0.2) is 0 Å². The van der Waals surface area contributed by atoms with Gasteiger partial charge in [-0.1, -0.05) is 42.5 Å². The van der Waals surface area contributed by atoms with Crippen LogP contribution < -0.4 is 9.64 Å². The largest absolute Gasteiger partial charge is 0.494 e. The summed E-state index contributed by atoms with van der Waals surface area (Å²) in [5.41, 5.74) is 7.92. The lowest BCUT2D eigenvalue weighted by atomic mass is 10.2. The van der Waals surface area contributed by atoms with Crippen LogP contribution in [0.3, 0.4) is 0 Å². The highest BCUT2D eigenvalue weighted by Crippen LogP contribution is 2.29. The second-order valence-corrected chi connectivity index (χ2v) is 11.5. The van der Waals surface area contributed by atoms with Crippen LogP contribution in [-0.2, 0) is 16.1 Å². The number of rotatable bonds is 10. The fourth-order valence-electron chi connectivity index (χ4n) is 5.64. The van der Waals surface area contributed by atoms with Gasteiger partial charge in [0.25, 0.3) is 0 Å². The number of hydrogen-bond acceptors (Lipinski definition) is 7. The monoisotopic (exact) mass is 600 g/mol. The highest BCUT2D eigenvalue weighted by molar-refractivity contribution is 5.87. The van der Waals surface area contributed by atoms with Crippen molar-refractivity contribution in [1.82, 2.24) is 24.8 Å². The Morgan fingerprint density at radius 1 is 0.778 bits per heavy atom. The maximum atomic E-state index is 12.1. The standard InChI is InChI=1S/C36H36N6O3/c1-41-16-18-42(19-17-41)28-13-15-31-33(23-28)40-36(38-31)27-12-14-30-32(22-27)39-35(37-30)26-9-5-10-29(21-26)44-20-6-11-34(43)45-24-25-7-3-2-4-8-25/h2-5,7-10,12-15,21-23H,6,11,16-20,24H2,1H3,(H,37,39)(H,38,40). The van der Waals surface area contributed by atoms with Crippen LogP contribution in [0.1, 0.15) is 18.4 Å². The van der Waals surface area contributed by atoms with Crippen molar-refractivity contribution in [3.8, 4) is 28.5 Å². The lowest BCUT2D eigenvalue weighted by Crippen LogP contribution is -2.44. The molecule has 45 heavy (non-hydrogen) atoms. The molecule has 3 heterocycles. The first-order chi connectivity index (χ1) is 22.1. The molecule has 0 amide bonds. The summed E-state index contributed by atoms with van der Waals surface area (Å²) in [7, 11) is 2.17. The first-order valence-electron chi connectivity index (χ1n) is 15.4. The number of nitrogens with one attached hydrogen (secondary N) is 2. The second-order valence-electron chi connectivity index (χ2n) is 11.5. The molecule has 1 aliphatic heterocycles. The lowest BCUT2D eigenvalue weighted by molar-refractivity contribution is -0.145. The van der Waals surface area contributed by atoms with Crippen molar-refractivity contribution in [3.05, 3.63) is 96.6 Å². The molecule has 0 radical (unpaired) electrons. The van der Waals surface area contributed by atoms with Gasteiger partial charge in [-0.3, -0.25) is 4.79 Å². The molecular formula is C36H36N6O3. The van der Waals surface area contributed by atoms with Gasteiger partial charge in [0.05, 0.1) is 28.7 Å². The smallest absolute Gasteiger partial charge is 0.306 e. The highest BCUT2D eigenvalue weighted by Gasteiger charge is 2.16. The van der Waals surface area contributed by atoms with Crippen molar-refractivity contribution in [3.63, 3.8) is 0 Å². The molecule has 0 spiro atoms. The van der Waals surface area contributed by atoms with Gasteiger partial charge in [-0.15, -0.1) is 0 Å². The van der Waals surface area contributed by atoms with Crippen LogP contribution in [0.15, 0.2) is 91.0 Å². The van der Waals surface area contributed by atoms with Gasteiger partial charge in [-0.25, -0.2) is 9.97 Å². The Hall–Kier alpha value is -5.15. The predicted octanol–water partition coefficient (Wildman–Crippen LogP) is 6.43. The molecule has 0 atom stereocenters. The molecule has 0 aliphatic carbocycles. The van der Waals surface area contributed by atoms with Crippen LogP contribution in [-0.4, -0.2) is 70.6 Å². The van der Waals surface area contributed by atoms with Crippen molar-refractivity contribution in [2.24, 2.45) is 0 Å². The Bertz CT molecular complexity index is 1920. The van der Waals surface area contributed by atoms with E-state index >= 15 is 0 Å². The van der Waals surface area contributed by atoms with Gasteiger partial charge >= 0.3 is 5.97 Å². The number of esters is 1. The predicted molar refractivity (Wildman–Crippen MR) is 177 cm³/mol. The average Bonchev–Trinajstić information content (AvgIpc) is 3.71. The van der Waals surface area contributed by atoms with Crippen molar-refractivity contribution in [1.29, 1.82) is 0 Å². The number of likely N-dealkylation sites (N-methyl/N-ethyl adjacent to an activating group) is 1. The molecule has 1 fully saturated rings. The molecular weight excluding hydrogens is 564 g/mol. The van der Waals surface area contributed by atoms with E-state index in [-0.39, 0.29) is 12.6 Å². The average molecular weight is 601 g/mol. The SMILES string of the molecule is CN1CCN(c2ccc3nc(-c4ccc5nc(-c6cccc(OCCCC(=O)OCc7ccccc7)c6)[nH]c5c4)[nH]c3c2)CC1. The fourth-order valence-corrected chi connectivity index (χ4v) is 5.64. The molecule has 2 aromatic heterocycles. The minimum Gasteiger partial charge on any atom is -0.494 e. The summed E-state index contributed by atoms with van der Waals surface area (Å²) in [5.74, 6) is 2.09. The van der Waals surface area contributed by atoms with E-state index in [4.69, 9.17) is 19.4 Å². The number of nitrogens with zero attached hydrogens (tertiary/aromatic N) is 4. The van der Waals surface area contributed by atoms with E-state index in [0.29, 0.717) is 19.4 Å². The zero-order valence-electron chi connectivity index (χ0n) is 25.3. The van der Waals surface area contributed by atoms with E-state index in [1.54, 1.807) is 0 Å². The van der Waals surface area contributed by atoms with E-state index in [1.807, 2.05) is 60.7 Å². The van der Waals surface area contributed by atoms with Crippen LogP contribution in [0.4, 0.5) is 5.69 Å². The van der Waals surface area contributed by atoms with Crippen molar-refractivity contribution in [2.45, 2.75) is 19.4 Å². The molecule has 1 saturated heterocycles.